The number of nitrogens with one attached hydrogen (secondary N) is 1. The zero-order valence-corrected chi connectivity index (χ0v) is 12.4. The van der Waals surface area contributed by atoms with Gasteiger partial charge >= 0.3 is 5.69 Å². The van der Waals surface area contributed by atoms with Gasteiger partial charge in [0.15, 0.2) is 0 Å². The Kier molecular flexibility index (Phi) is 4.60. The lowest BCUT2D eigenvalue weighted by atomic mass is 10.1. The number of nitrogens with two attached hydrogens (primary N) is 2. The van der Waals surface area contributed by atoms with Crippen LogP contribution in [0.5, 0.6) is 5.88 Å². The maximum absolute atomic E-state index is 12.1. The number of guanidine groups is 1. The summed E-state index contributed by atoms with van der Waals surface area (Å²) in [6.07, 6.45) is 0.264. The van der Waals surface area contributed by atoms with Gasteiger partial charge in [0.05, 0.1) is 11.4 Å². The molecule has 9 heteroatoms. The van der Waals surface area contributed by atoms with Crippen molar-refractivity contribution in [2.24, 2.45) is 21.7 Å². The third kappa shape index (κ3) is 3.28. The molecule has 6 N–H and O–H groups in total. The Morgan fingerprint density at radius 2 is 1.87 bits per heavy atom. The molecule has 0 radical (unpaired) electrons. The first-order valence-electron chi connectivity index (χ1n) is 6.75. The van der Waals surface area contributed by atoms with Crippen molar-refractivity contribution in [2.75, 3.05) is 0 Å². The van der Waals surface area contributed by atoms with E-state index in [0.29, 0.717) is 5.69 Å². The third-order valence-electron chi connectivity index (χ3n) is 3.01. The molecule has 0 fully saturated rings. The average molecular weight is 316 g/mol. The Hall–Kier alpha value is -3.36. The van der Waals surface area contributed by atoms with Crippen molar-refractivity contribution in [3.63, 3.8) is 0 Å². The Labute approximate surface area is 130 Å². The van der Waals surface area contributed by atoms with Crippen LogP contribution in [0.2, 0.25) is 0 Å². The summed E-state index contributed by atoms with van der Waals surface area (Å²) in [7, 11) is 0. The lowest BCUT2D eigenvalue weighted by molar-refractivity contribution is 0.429. The topological polar surface area (TPSA) is 152 Å². The van der Waals surface area contributed by atoms with Crippen LogP contribution in [0, 0.1) is 0 Å². The van der Waals surface area contributed by atoms with Gasteiger partial charge in [0, 0.05) is 0 Å². The number of hydrogen-bond donors (Lipinski definition) is 4. The molecule has 0 spiro atoms. The summed E-state index contributed by atoms with van der Waals surface area (Å²) in [5.74, 6) is -0.820. The van der Waals surface area contributed by atoms with Gasteiger partial charge < -0.3 is 16.6 Å². The van der Waals surface area contributed by atoms with Gasteiger partial charge in [-0.15, -0.1) is 5.10 Å². The molecular weight excluding hydrogens is 300 g/mol. The molecule has 0 bridgehead atoms. The fourth-order valence-electron chi connectivity index (χ4n) is 2.02. The van der Waals surface area contributed by atoms with E-state index in [2.05, 4.69) is 15.2 Å². The molecule has 23 heavy (non-hydrogen) atoms. The van der Waals surface area contributed by atoms with Crippen LogP contribution in [0.3, 0.4) is 0 Å². The van der Waals surface area contributed by atoms with E-state index in [0.717, 1.165) is 4.57 Å². The number of hydrogen-bond acceptors (Lipinski definition) is 5. The SMILES string of the molecule is CCC(=NN=C(N)N)c1c(O)n(-c2ccccc2)c(=O)[nH]c1=O. The van der Waals surface area contributed by atoms with Gasteiger partial charge in [0.2, 0.25) is 11.8 Å². The fourth-order valence-corrected chi connectivity index (χ4v) is 2.02. The van der Waals surface area contributed by atoms with Crippen molar-refractivity contribution in [1.29, 1.82) is 0 Å². The summed E-state index contributed by atoms with van der Waals surface area (Å²) in [5.41, 5.74) is 9.26. The largest absolute Gasteiger partial charge is 0.493 e. The Morgan fingerprint density at radius 1 is 1.22 bits per heavy atom. The van der Waals surface area contributed by atoms with Gasteiger partial charge in [-0.1, -0.05) is 25.1 Å². The maximum atomic E-state index is 12.1. The Bertz CT molecular complexity index is 876. The van der Waals surface area contributed by atoms with Gasteiger partial charge in [-0.05, 0) is 18.6 Å². The van der Waals surface area contributed by atoms with E-state index in [4.69, 9.17) is 11.5 Å². The van der Waals surface area contributed by atoms with Gasteiger partial charge in [0.1, 0.15) is 5.56 Å². The predicted molar refractivity (Wildman–Crippen MR) is 87.0 cm³/mol. The molecule has 1 aromatic carbocycles. The van der Waals surface area contributed by atoms with Crippen LogP contribution in [-0.2, 0) is 0 Å². The second-order valence-corrected chi connectivity index (χ2v) is 4.55. The summed E-state index contributed by atoms with van der Waals surface area (Å²) < 4.78 is 0.970. The molecule has 0 unspecified atom stereocenters. The highest BCUT2D eigenvalue weighted by Gasteiger charge is 2.19. The lowest BCUT2D eigenvalue weighted by Crippen LogP contribution is -2.33. The van der Waals surface area contributed by atoms with E-state index in [1.165, 1.54) is 0 Å². The van der Waals surface area contributed by atoms with Crippen molar-refractivity contribution in [1.82, 2.24) is 9.55 Å². The van der Waals surface area contributed by atoms with Crippen molar-refractivity contribution in [3.05, 3.63) is 56.7 Å². The highest BCUT2D eigenvalue weighted by Crippen LogP contribution is 2.17. The number of nitrogens with zero attached hydrogens (tertiary/aromatic N) is 3. The van der Waals surface area contributed by atoms with Crippen molar-refractivity contribution >= 4 is 11.7 Å². The van der Waals surface area contributed by atoms with Crippen LogP contribution >= 0.6 is 0 Å². The van der Waals surface area contributed by atoms with E-state index in [-0.39, 0.29) is 23.7 Å². The predicted octanol–water partition coefficient (Wildman–Crippen LogP) is -0.381. The zero-order valence-electron chi connectivity index (χ0n) is 12.4. The minimum Gasteiger partial charge on any atom is -0.493 e. The van der Waals surface area contributed by atoms with Crippen LogP contribution in [0.4, 0.5) is 0 Å². The first-order chi connectivity index (χ1) is 11.0. The number of rotatable bonds is 4. The number of H-pyrrole nitrogens is 1. The van der Waals surface area contributed by atoms with Gasteiger partial charge in [0.25, 0.3) is 5.56 Å². The van der Waals surface area contributed by atoms with Gasteiger partial charge in [-0.3, -0.25) is 9.78 Å². The average Bonchev–Trinajstić information content (AvgIpc) is 2.51. The van der Waals surface area contributed by atoms with Gasteiger partial charge in [-0.25, -0.2) is 9.36 Å². The molecule has 2 aromatic rings. The summed E-state index contributed by atoms with van der Waals surface area (Å²) in [5, 5.41) is 17.7. The van der Waals surface area contributed by atoms with E-state index >= 15 is 0 Å². The van der Waals surface area contributed by atoms with Gasteiger partial charge in [-0.2, -0.15) is 5.10 Å². The fraction of sp³-hybridized carbons (Fsp3) is 0.143. The first-order valence-corrected chi connectivity index (χ1v) is 6.75. The molecule has 1 heterocycles. The van der Waals surface area contributed by atoms with E-state index < -0.39 is 17.1 Å². The zero-order chi connectivity index (χ0) is 17.0. The monoisotopic (exact) mass is 316 g/mol. The molecule has 0 saturated carbocycles. The number of aromatic hydroxyl groups is 1. The molecule has 0 atom stereocenters. The quantitative estimate of drug-likeness (QED) is 0.344. The number of benzene rings is 1. The second-order valence-electron chi connectivity index (χ2n) is 4.55. The molecule has 0 aliphatic carbocycles. The molecule has 1 aromatic heterocycles. The number of aromatic nitrogens is 2. The first kappa shape index (κ1) is 16.0. The van der Waals surface area contributed by atoms with Crippen LogP contribution in [0.15, 0.2) is 50.1 Å². The van der Waals surface area contributed by atoms with E-state index in [1.54, 1.807) is 37.3 Å². The molecule has 0 aliphatic rings. The van der Waals surface area contributed by atoms with Crippen LogP contribution < -0.4 is 22.7 Å². The lowest BCUT2D eigenvalue weighted by Gasteiger charge is -2.11. The van der Waals surface area contributed by atoms with Crippen LogP contribution in [0.25, 0.3) is 5.69 Å². The Morgan fingerprint density at radius 3 is 2.43 bits per heavy atom. The highest BCUT2D eigenvalue weighted by molar-refractivity contribution is 6.02. The molecule has 2 rings (SSSR count). The molecule has 0 saturated heterocycles. The highest BCUT2D eigenvalue weighted by atomic mass is 16.3. The van der Waals surface area contributed by atoms with Crippen molar-refractivity contribution in [2.45, 2.75) is 13.3 Å². The number of para-hydroxylation sites is 1. The van der Waals surface area contributed by atoms with E-state index in [9.17, 15) is 14.7 Å². The molecule has 9 nitrogen and oxygen atoms in total. The number of aromatic amines is 1. The molecule has 0 amide bonds. The smallest absolute Gasteiger partial charge is 0.335 e. The van der Waals surface area contributed by atoms with E-state index in [1.807, 2.05) is 0 Å². The molecule has 120 valence electrons. The van der Waals surface area contributed by atoms with Crippen molar-refractivity contribution < 1.29 is 5.11 Å². The molecular formula is C14H16N6O3. The van der Waals surface area contributed by atoms with Crippen molar-refractivity contribution in [3.8, 4) is 11.6 Å². The standard InChI is InChI=1S/C14H16N6O3/c1-2-9(18-19-13(15)16)10-11(21)17-14(23)20(12(10)22)8-6-4-3-5-7-8/h3-7,22H,2H2,1H3,(H4,15,16,19)(H,17,21,23). The third-order valence-corrected chi connectivity index (χ3v) is 3.01. The minimum absolute atomic E-state index is 0.141. The summed E-state index contributed by atoms with van der Waals surface area (Å²) in [6.45, 7) is 1.71. The van der Waals surface area contributed by atoms with Crippen LogP contribution in [0.1, 0.15) is 18.9 Å². The summed E-state index contributed by atoms with van der Waals surface area (Å²) in [6, 6.07) is 8.38. The summed E-state index contributed by atoms with van der Waals surface area (Å²) in [4.78, 5) is 26.2. The second kappa shape index (κ2) is 6.60. The normalized spacial score (nSPS) is 11.3. The Balaban J connectivity index is 2.76. The molecule has 0 aliphatic heterocycles. The van der Waals surface area contributed by atoms with Crippen LogP contribution in [-0.4, -0.2) is 26.3 Å². The minimum atomic E-state index is -0.772. The maximum Gasteiger partial charge on any atom is 0.335 e. The summed E-state index contributed by atoms with van der Waals surface area (Å²) >= 11 is 0.